The molecule has 0 aliphatic carbocycles. The number of carboxylic acid groups (broad SMARTS) is 1. The summed E-state index contributed by atoms with van der Waals surface area (Å²) < 4.78 is 7.61. The van der Waals surface area contributed by atoms with Crippen molar-refractivity contribution in [1.82, 2.24) is 4.40 Å². The molecular formula is C18H20N2O3. The number of carboxylic acids is 1. The Labute approximate surface area is 135 Å². The van der Waals surface area contributed by atoms with Crippen LogP contribution in [-0.4, -0.2) is 27.7 Å². The Morgan fingerprint density at radius 1 is 1.48 bits per heavy atom. The summed E-state index contributed by atoms with van der Waals surface area (Å²) in [5, 5.41) is 18.3. The molecule has 0 radical (unpaired) electrons. The van der Waals surface area contributed by atoms with Gasteiger partial charge in [-0.1, -0.05) is 6.07 Å². The van der Waals surface area contributed by atoms with Gasteiger partial charge in [0.25, 0.3) is 0 Å². The molecule has 2 aromatic heterocycles. The molecule has 0 unspecified atom stereocenters. The van der Waals surface area contributed by atoms with Crippen LogP contribution < -0.4 is 0 Å². The number of pyridine rings is 1. The molecule has 120 valence electrons. The Morgan fingerprint density at radius 3 is 2.91 bits per heavy atom. The lowest BCUT2D eigenvalue weighted by molar-refractivity contribution is -0.0593. The second-order valence-corrected chi connectivity index (χ2v) is 6.71. The van der Waals surface area contributed by atoms with E-state index in [-0.39, 0.29) is 17.6 Å². The van der Waals surface area contributed by atoms with Gasteiger partial charge in [0.05, 0.1) is 29.2 Å². The van der Waals surface area contributed by atoms with Crippen LogP contribution >= 0.6 is 0 Å². The zero-order valence-electron chi connectivity index (χ0n) is 13.4. The first-order chi connectivity index (χ1) is 10.9. The van der Waals surface area contributed by atoms with E-state index in [1.807, 2.05) is 22.7 Å². The van der Waals surface area contributed by atoms with E-state index in [0.29, 0.717) is 11.5 Å². The van der Waals surface area contributed by atoms with Gasteiger partial charge in [-0.2, -0.15) is 5.26 Å². The molecular weight excluding hydrogens is 292 g/mol. The zero-order chi connectivity index (χ0) is 16.6. The second kappa shape index (κ2) is 5.71. The summed E-state index contributed by atoms with van der Waals surface area (Å²) in [6, 6.07) is 6.03. The smallest absolute Gasteiger partial charge is 0.337 e. The molecule has 0 amide bonds. The minimum atomic E-state index is -0.993. The van der Waals surface area contributed by atoms with Crippen LogP contribution in [0.25, 0.3) is 5.52 Å². The van der Waals surface area contributed by atoms with E-state index in [9.17, 15) is 9.90 Å². The number of hydrogen-bond acceptors (Lipinski definition) is 3. The van der Waals surface area contributed by atoms with Crippen LogP contribution in [0.5, 0.6) is 0 Å². The minimum Gasteiger partial charge on any atom is -0.478 e. The van der Waals surface area contributed by atoms with Gasteiger partial charge in [0.2, 0.25) is 0 Å². The second-order valence-electron chi connectivity index (χ2n) is 6.71. The molecule has 0 saturated carbocycles. The van der Waals surface area contributed by atoms with Crippen LogP contribution in [0, 0.1) is 11.3 Å². The lowest BCUT2D eigenvalue weighted by Crippen LogP contribution is -2.33. The first kappa shape index (κ1) is 15.6. The molecule has 1 N–H and O–H groups in total. The average molecular weight is 312 g/mol. The van der Waals surface area contributed by atoms with Crippen LogP contribution in [0.2, 0.25) is 0 Å². The fourth-order valence-electron chi connectivity index (χ4n) is 3.46. The fourth-order valence-corrected chi connectivity index (χ4v) is 3.46. The molecule has 1 aliphatic heterocycles. The Kier molecular flexibility index (Phi) is 3.87. The molecule has 1 aliphatic rings. The third-order valence-electron chi connectivity index (χ3n) is 4.56. The van der Waals surface area contributed by atoms with Gasteiger partial charge < -0.3 is 14.2 Å². The van der Waals surface area contributed by atoms with Crippen molar-refractivity contribution in [3.05, 3.63) is 41.2 Å². The molecule has 1 fully saturated rings. The van der Waals surface area contributed by atoms with Gasteiger partial charge in [-0.3, -0.25) is 0 Å². The largest absolute Gasteiger partial charge is 0.478 e. The van der Waals surface area contributed by atoms with Crippen LogP contribution in [-0.2, 0) is 11.2 Å². The van der Waals surface area contributed by atoms with Crippen molar-refractivity contribution in [1.29, 1.82) is 5.26 Å². The Morgan fingerprint density at radius 2 is 2.26 bits per heavy atom. The van der Waals surface area contributed by atoms with Crippen LogP contribution in [0.4, 0.5) is 0 Å². The summed E-state index contributed by atoms with van der Waals surface area (Å²) >= 11 is 0. The van der Waals surface area contributed by atoms with Gasteiger partial charge in [-0.05, 0) is 44.2 Å². The highest BCUT2D eigenvalue weighted by molar-refractivity contribution is 5.92. The third kappa shape index (κ3) is 2.95. The fraction of sp³-hybridized carbons (Fsp3) is 0.444. The van der Waals surface area contributed by atoms with Crippen molar-refractivity contribution in [2.24, 2.45) is 0 Å². The standard InChI is InChI=1S/C18H20N2O3/c1-18(2)9-12(6-8-23-18)13-3-4-16-14(5-7-19)15(17(21)22)11-20(16)10-13/h3-4,10-12H,5-6,8-9H2,1-2H3,(H,21,22)/t12-/m1/s1. The summed E-state index contributed by atoms with van der Waals surface area (Å²) in [6.07, 6.45) is 5.61. The number of ether oxygens (including phenoxy) is 1. The molecule has 3 heterocycles. The first-order valence-electron chi connectivity index (χ1n) is 7.79. The number of nitriles is 1. The Bertz CT molecular complexity index is 798. The number of aromatic nitrogens is 1. The van der Waals surface area contributed by atoms with E-state index in [2.05, 4.69) is 19.9 Å². The van der Waals surface area contributed by atoms with E-state index < -0.39 is 5.97 Å². The minimum absolute atomic E-state index is 0.0990. The van der Waals surface area contributed by atoms with Crippen LogP contribution in [0.3, 0.4) is 0 Å². The molecule has 1 atom stereocenters. The van der Waals surface area contributed by atoms with E-state index >= 15 is 0 Å². The molecule has 2 aromatic rings. The van der Waals surface area contributed by atoms with Crippen molar-refractivity contribution >= 4 is 11.5 Å². The van der Waals surface area contributed by atoms with Gasteiger partial charge in [0.15, 0.2) is 0 Å². The van der Waals surface area contributed by atoms with Gasteiger partial charge >= 0.3 is 5.97 Å². The van der Waals surface area contributed by atoms with Crippen molar-refractivity contribution < 1.29 is 14.6 Å². The first-order valence-corrected chi connectivity index (χ1v) is 7.79. The van der Waals surface area contributed by atoms with Gasteiger partial charge in [-0.15, -0.1) is 0 Å². The topological polar surface area (TPSA) is 74.7 Å². The highest BCUT2D eigenvalue weighted by Crippen LogP contribution is 2.36. The van der Waals surface area contributed by atoms with Crippen molar-refractivity contribution in [3.8, 4) is 6.07 Å². The lowest BCUT2D eigenvalue weighted by Gasteiger charge is -2.35. The number of nitrogens with zero attached hydrogens (tertiary/aromatic N) is 2. The molecule has 5 nitrogen and oxygen atoms in total. The predicted molar refractivity (Wildman–Crippen MR) is 85.7 cm³/mol. The van der Waals surface area contributed by atoms with Crippen LogP contribution in [0.1, 0.15) is 54.1 Å². The van der Waals surface area contributed by atoms with Crippen LogP contribution in [0.15, 0.2) is 24.5 Å². The molecule has 1 saturated heterocycles. The molecule has 0 spiro atoms. The normalized spacial score (nSPS) is 20.3. The maximum atomic E-state index is 11.4. The number of aromatic carboxylic acids is 1. The molecule has 5 heteroatoms. The highest BCUT2D eigenvalue weighted by atomic mass is 16.5. The van der Waals surface area contributed by atoms with Gasteiger partial charge in [0.1, 0.15) is 0 Å². The number of hydrogen-bond donors (Lipinski definition) is 1. The maximum Gasteiger partial charge on any atom is 0.337 e. The average Bonchev–Trinajstić information content (AvgIpc) is 2.85. The van der Waals surface area contributed by atoms with Crippen molar-refractivity contribution in [2.75, 3.05) is 6.61 Å². The zero-order valence-corrected chi connectivity index (χ0v) is 13.4. The third-order valence-corrected chi connectivity index (χ3v) is 4.56. The quantitative estimate of drug-likeness (QED) is 0.943. The lowest BCUT2D eigenvalue weighted by atomic mass is 9.84. The number of rotatable bonds is 3. The van der Waals surface area contributed by atoms with E-state index in [0.717, 1.165) is 25.0 Å². The van der Waals surface area contributed by atoms with Crippen molar-refractivity contribution in [3.63, 3.8) is 0 Å². The van der Waals surface area contributed by atoms with Gasteiger partial charge in [-0.25, -0.2) is 4.79 Å². The molecule has 0 bridgehead atoms. The number of fused-ring (bicyclic) bond motifs is 1. The summed E-state index contributed by atoms with van der Waals surface area (Å²) in [5.41, 5.74) is 2.63. The highest BCUT2D eigenvalue weighted by Gasteiger charge is 2.30. The summed E-state index contributed by atoms with van der Waals surface area (Å²) in [5.74, 6) is -0.592. The summed E-state index contributed by atoms with van der Waals surface area (Å²) in [4.78, 5) is 11.4. The van der Waals surface area contributed by atoms with Crippen molar-refractivity contribution in [2.45, 2.75) is 44.6 Å². The SMILES string of the molecule is CC1(C)C[C@H](c2ccc3c(CC#N)c(C(=O)O)cn3c2)CCO1. The van der Waals surface area contributed by atoms with E-state index in [4.69, 9.17) is 10.00 Å². The Hall–Kier alpha value is -2.32. The maximum absolute atomic E-state index is 11.4. The summed E-state index contributed by atoms with van der Waals surface area (Å²) in [7, 11) is 0. The molecule has 3 rings (SSSR count). The van der Waals surface area contributed by atoms with Gasteiger partial charge in [0, 0.05) is 24.6 Å². The Balaban J connectivity index is 2.03. The predicted octanol–water partition coefficient (Wildman–Crippen LogP) is 3.38. The molecule has 23 heavy (non-hydrogen) atoms. The van der Waals surface area contributed by atoms with E-state index in [1.54, 1.807) is 6.20 Å². The number of carbonyl (C=O) groups is 1. The monoisotopic (exact) mass is 312 g/mol. The molecule has 0 aromatic carbocycles. The summed E-state index contributed by atoms with van der Waals surface area (Å²) in [6.45, 7) is 4.93. The van der Waals surface area contributed by atoms with E-state index in [1.165, 1.54) is 5.56 Å².